The third-order valence-electron chi connectivity index (χ3n) is 7.44. The molecule has 39 heavy (non-hydrogen) atoms. The largest absolute Gasteiger partial charge is 0.507 e. The minimum atomic E-state index is -3.78. The van der Waals surface area contributed by atoms with Gasteiger partial charge < -0.3 is 9.52 Å². The van der Waals surface area contributed by atoms with Crippen LogP contribution in [-0.4, -0.2) is 13.5 Å². The summed E-state index contributed by atoms with van der Waals surface area (Å²) in [5.74, 6) is 0.129. The van der Waals surface area contributed by atoms with Gasteiger partial charge in [-0.1, -0.05) is 67.1 Å². The lowest BCUT2D eigenvalue weighted by molar-refractivity contribution is 0.379. The number of aryl methyl sites for hydroxylation is 1. The highest BCUT2D eigenvalue weighted by molar-refractivity contribution is 7.92. The van der Waals surface area contributed by atoms with Crippen LogP contribution in [0.2, 0.25) is 0 Å². The van der Waals surface area contributed by atoms with Crippen molar-refractivity contribution in [3.05, 3.63) is 123 Å². The van der Waals surface area contributed by atoms with Crippen molar-refractivity contribution in [1.82, 2.24) is 0 Å². The predicted molar refractivity (Wildman–Crippen MR) is 153 cm³/mol. The van der Waals surface area contributed by atoms with Crippen LogP contribution in [0.5, 0.6) is 5.75 Å². The summed E-state index contributed by atoms with van der Waals surface area (Å²) >= 11 is 0. The van der Waals surface area contributed by atoms with Gasteiger partial charge in [-0.15, -0.1) is 0 Å². The molecule has 1 saturated carbocycles. The molecule has 5 rings (SSSR count). The van der Waals surface area contributed by atoms with Crippen molar-refractivity contribution in [2.24, 2.45) is 5.92 Å². The summed E-state index contributed by atoms with van der Waals surface area (Å²) in [4.78, 5) is 13.5. The number of anilines is 1. The van der Waals surface area contributed by atoms with E-state index >= 15 is 0 Å². The first-order valence-electron chi connectivity index (χ1n) is 13.4. The van der Waals surface area contributed by atoms with Crippen molar-refractivity contribution >= 4 is 15.7 Å². The van der Waals surface area contributed by atoms with Gasteiger partial charge in [-0.3, -0.25) is 4.72 Å². The molecular formula is C32H33NO5S. The minimum absolute atomic E-state index is 0.0427. The van der Waals surface area contributed by atoms with Crippen LogP contribution < -0.4 is 10.3 Å². The fourth-order valence-corrected chi connectivity index (χ4v) is 6.22. The monoisotopic (exact) mass is 543 g/mol. The maximum Gasteiger partial charge on any atom is 0.343 e. The number of sulfonamides is 1. The Morgan fingerprint density at radius 1 is 0.974 bits per heavy atom. The topological polar surface area (TPSA) is 96.6 Å². The van der Waals surface area contributed by atoms with Gasteiger partial charge in [0, 0.05) is 23.6 Å². The van der Waals surface area contributed by atoms with Crippen molar-refractivity contribution in [1.29, 1.82) is 0 Å². The Morgan fingerprint density at radius 3 is 2.33 bits per heavy atom. The van der Waals surface area contributed by atoms with Crippen molar-refractivity contribution in [3.63, 3.8) is 0 Å². The smallest absolute Gasteiger partial charge is 0.343 e. The zero-order valence-electron chi connectivity index (χ0n) is 22.1. The van der Waals surface area contributed by atoms with E-state index in [-0.39, 0.29) is 28.0 Å². The molecule has 0 amide bonds. The van der Waals surface area contributed by atoms with Gasteiger partial charge in [0.15, 0.2) is 0 Å². The second-order valence-corrected chi connectivity index (χ2v) is 12.1. The highest BCUT2D eigenvalue weighted by atomic mass is 32.2. The molecule has 2 atom stereocenters. The molecule has 3 aromatic carbocycles. The molecule has 1 aliphatic rings. The quantitative estimate of drug-likeness (QED) is 0.231. The second-order valence-electron chi connectivity index (χ2n) is 10.4. The van der Waals surface area contributed by atoms with E-state index in [1.165, 1.54) is 0 Å². The average molecular weight is 544 g/mol. The zero-order chi connectivity index (χ0) is 27.6. The molecule has 2 unspecified atom stereocenters. The van der Waals surface area contributed by atoms with Gasteiger partial charge in [0.05, 0.1) is 10.5 Å². The van der Waals surface area contributed by atoms with Crippen LogP contribution in [0.25, 0.3) is 0 Å². The fourth-order valence-electron chi connectivity index (χ4n) is 5.17. The molecule has 0 bridgehead atoms. The van der Waals surface area contributed by atoms with Crippen molar-refractivity contribution < 1.29 is 17.9 Å². The molecule has 7 heteroatoms. The Bertz CT molecular complexity index is 1610. The van der Waals surface area contributed by atoms with Gasteiger partial charge in [0.2, 0.25) is 0 Å². The van der Waals surface area contributed by atoms with E-state index in [4.69, 9.17) is 4.42 Å². The number of aromatic hydroxyl groups is 1. The first kappa shape index (κ1) is 26.8. The molecule has 6 nitrogen and oxygen atoms in total. The number of nitrogens with one attached hydrogen (secondary N) is 1. The summed E-state index contributed by atoms with van der Waals surface area (Å²) in [5.41, 5.74) is 2.95. The summed E-state index contributed by atoms with van der Waals surface area (Å²) in [6, 6.07) is 25.3. The molecule has 0 radical (unpaired) electrons. The van der Waals surface area contributed by atoms with Crippen molar-refractivity contribution in [2.75, 3.05) is 4.72 Å². The van der Waals surface area contributed by atoms with E-state index < -0.39 is 21.6 Å². The number of hydrogen-bond donors (Lipinski definition) is 2. The van der Waals surface area contributed by atoms with E-state index in [1.54, 1.807) is 48.5 Å². The zero-order valence-corrected chi connectivity index (χ0v) is 22.9. The molecule has 0 spiro atoms. The van der Waals surface area contributed by atoms with Crippen LogP contribution in [0, 0.1) is 12.8 Å². The Balaban J connectivity index is 1.45. The SMILES string of the molecule is CCC(Cc1ccccc1)c1cc(O)c(C(c2cccc(NS(=O)(=O)c3ccc(C)cc3)c2)C2CC2)c(=O)o1. The maximum atomic E-state index is 13.4. The lowest BCUT2D eigenvalue weighted by atomic mass is 9.86. The first-order valence-corrected chi connectivity index (χ1v) is 14.8. The number of hydrogen-bond acceptors (Lipinski definition) is 5. The van der Waals surface area contributed by atoms with Crippen LogP contribution in [0.3, 0.4) is 0 Å². The molecule has 1 heterocycles. The van der Waals surface area contributed by atoms with E-state index in [2.05, 4.69) is 4.72 Å². The molecule has 1 aliphatic carbocycles. The first-order chi connectivity index (χ1) is 18.7. The van der Waals surface area contributed by atoms with E-state index in [9.17, 15) is 18.3 Å². The molecule has 4 aromatic rings. The Hall–Kier alpha value is -3.84. The Labute approximate surface area is 229 Å². The molecule has 0 saturated heterocycles. The van der Waals surface area contributed by atoms with Gasteiger partial charge in [0.25, 0.3) is 10.0 Å². The van der Waals surface area contributed by atoms with Crippen LogP contribution in [0.1, 0.15) is 66.0 Å². The van der Waals surface area contributed by atoms with Crippen LogP contribution >= 0.6 is 0 Å². The molecule has 0 aliphatic heterocycles. The molecule has 2 N–H and O–H groups in total. The Kier molecular flexibility index (Phi) is 7.62. The maximum absolute atomic E-state index is 13.4. The fraction of sp³-hybridized carbons (Fsp3) is 0.281. The van der Waals surface area contributed by atoms with Crippen LogP contribution in [0.4, 0.5) is 5.69 Å². The highest BCUT2D eigenvalue weighted by Crippen LogP contribution is 2.48. The molecule has 1 aromatic heterocycles. The molecule has 202 valence electrons. The molecular weight excluding hydrogens is 510 g/mol. The summed E-state index contributed by atoms with van der Waals surface area (Å²) < 4.78 is 34.4. The predicted octanol–water partition coefficient (Wildman–Crippen LogP) is 6.73. The standard InChI is InChI=1S/C32H33NO5S/c1-3-23(18-22-8-5-4-6-9-22)29-20-28(34)31(32(35)38-29)30(24-14-15-24)25-10-7-11-26(19-25)33-39(36,37)27-16-12-21(2)13-17-27/h4-13,16-17,19-20,23-24,30,33-34H,3,14-15,18H2,1-2H3. The normalized spacial score (nSPS) is 15.0. The third kappa shape index (κ3) is 6.09. The summed E-state index contributed by atoms with van der Waals surface area (Å²) in [7, 11) is -3.78. The van der Waals surface area contributed by atoms with E-state index in [1.807, 2.05) is 50.2 Å². The molecule has 1 fully saturated rings. The van der Waals surface area contributed by atoms with E-state index in [0.29, 0.717) is 17.9 Å². The number of benzene rings is 3. The van der Waals surface area contributed by atoms with Gasteiger partial charge in [-0.05, 0) is 73.9 Å². The summed E-state index contributed by atoms with van der Waals surface area (Å²) in [6.07, 6.45) is 3.28. The van der Waals surface area contributed by atoms with Crippen molar-refractivity contribution in [2.45, 2.75) is 56.3 Å². The van der Waals surface area contributed by atoms with E-state index in [0.717, 1.165) is 36.0 Å². The summed E-state index contributed by atoms with van der Waals surface area (Å²) in [6.45, 7) is 3.93. The van der Waals surface area contributed by atoms with Gasteiger partial charge in [0.1, 0.15) is 11.5 Å². The van der Waals surface area contributed by atoms with Gasteiger partial charge >= 0.3 is 5.63 Å². The third-order valence-corrected chi connectivity index (χ3v) is 8.84. The lowest BCUT2D eigenvalue weighted by Gasteiger charge is -2.20. The lowest BCUT2D eigenvalue weighted by Crippen LogP contribution is -2.18. The van der Waals surface area contributed by atoms with Gasteiger partial charge in [-0.25, -0.2) is 13.2 Å². The number of rotatable bonds is 10. The minimum Gasteiger partial charge on any atom is -0.507 e. The Morgan fingerprint density at radius 2 is 1.69 bits per heavy atom. The average Bonchev–Trinajstić information content (AvgIpc) is 3.75. The van der Waals surface area contributed by atoms with Crippen LogP contribution in [0.15, 0.2) is 99.0 Å². The highest BCUT2D eigenvalue weighted by Gasteiger charge is 2.38. The van der Waals surface area contributed by atoms with Crippen LogP contribution in [-0.2, 0) is 16.4 Å². The van der Waals surface area contributed by atoms with Gasteiger partial charge in [-0.2, -0.15) is 0 Å². The van der Waals surface area contributed by atoms with Crippen molar-refractivity contribution in [3.8, 4) is 5.75 Å². The second kappa shape index (κ2) is 11.1. The summed E-state index contributed by atoms with van der Waals surface area (Å²) in [5, 5.41) is 11.1.